The van der Waals surface area contributed by atoms with Gasteiger partial charge >= 0.3 is 5.97 Å². The van der Waals surface area contributed by atoms with E-state index in [4.69, 9.17) is 0 Å². The van der Waals surface area contributed by atoms with Crippen LogP contribution in [0.4, 0.5) is 0 Å². The lowest BCUT2D eigenvalue weighted by atomic mass is 9.96. The van der Waals surface area contributed by atoms with Crippen LogP contribution >= 0.6 is 15.9 Å². The highest BCUT2D eigenvalue weighted by Crippen LogP contribution is 2.29. The van der Waals surface area contributed by atoms with E-state index in [1.54, 1.807) is 0 Å². The van der Waals surface area contributed by atoms with E-state index >= 15 is 0 Å². The van der Waals surface area contributed by atoms with Gasteiger partial charge in [0.25, 0.3) is 0 Å². The Labute approximate surface area is 119 Å². The summed E-state index contributed by atoms with van der Waals surface area (Å²) in [6.45, 7) is 10.8. The van der Waals surface area contributed by atoms with Crippen LogP contribution in [0.3, 0.4) is 0 Å². The van der Waals surface area contributed by atoms with Gasteiger partial charge in [0.05, 0.1) is 5.56 Å². The zero-order valence-electron chi connectivity index (χ0n) is 11.7. The van der Waals surface area contributed by atoms with Crippen LogP contribution in [0.5, 0.6) is 0 Å². The fourth-order valence-corrected chi connectivity index (χ4v) is 3.95. The number of halogens is 1. The van der Waals surface area contributed by atoms with E-state index in [9.17, 15) is 9.90 Å². The number of aryl methyl sites for hydroxylation is 1. The molecule has 0 bridgehead atoms. The van der Waals surface area contributed by atoms with E-state index in [1.807, 2.05) is 19.9 Å². The molecule has 1 aromatic carbocycles. The molecule has 0 unspecified atom stereocenters. The third-order valence-electron chi connectivity index (χ3n) is 3.19. The molecule has 1 rings (SSSR count). The zero-order valence-corrected chi connectivity index (χ0v) is 14.3. The highest BCUT2D eigenvalue weighted by atomic mass is 79.9. The third kappa shape index (κ3) is 3.69. The zero-order chi connectivity index (χ0) is 14.1. The molecule has 0 spiro atoms. The van der Waals surface area contributed by atoms with Crippen molar-refractivity contribution in [2.24, 2.45) is 0 Å². The normalized spacial score (nSPS) is 11.7. The van der Waals surface area contributed by atoms with Crippen molar-refractivity contribution in [2.45, 2.75) is 46.0 Å². The minimum atomic E-state index is -1.11. The summed E-state index contributed by atoms with van der Waals surface area (Å²) in [5.74, 6) is -0.827. The summed E-state index contributed by atoms with van der Waals surface area (Å²) in [7, 11) is -1.11. The first-order chi connectivity index (χ1) is 8.13. The molecule has 100 valence electrons. The number of carbonyl (C=O) groups is 1. The maximum atomic E-state index is 11.3. The Kier molecular flexibility index (Phi) is 4.78. The van der Waals surface area contributed by atoms with Crippen molar-refractivity contribution in [1.29, 1.82) is 0 Å². The molecule has 0 amide bonds. The molecule has 0 fully saturated rings. The molecule has 1 aromatic rings. The Hall–Kier alpha value is -0.613. The molecule has 0 saturated carbocycles. The van der Waals surface area contributed by atoms with E-state index in [-0.39, 0.29) is 0 Å². The van der Waals surface area contributed by atoms with Crippen LogP contribution in [0, 0.1) is 13.8 Å². The van der Waals surface area contributed by atoms with Crippen LogP contribution in [-0.2, 0) is 6.42 Å². The van der Waals surface area contributed by atoms with Gasteiger partial charge in [-0.25, -0.2) is 4.79 Å². The summed E-state index contributed by atoms with van der Waals surface area (Å²) in [4.78, 5) is 11.3. The Bertz CT molecular complexity index is 476. The number of benzene rings is 1. The van der Waals surface area contributed by atoms with E-state index in [0.29, 0.717) is 5.56 Å². The number of hydrogen-bond acceptors (Lipinski definition) is 1. The van der Waals surface area contributed by atoms with Gasteiger partial charge in [0.15, 0.2) is 0 Å². The smallest absolute Gasteiger partial charge is 0.336 e. The molecule has 0 aliphatic carbocycles. The summed E-state index contributed by atoms with van der Waals surface area (Å²) >= 11 is 3.57. The number of carboxylic acids is 1. The molecule has 0 radical (unpaired) electrons. The summed E-state index contributed by atoms with van der Waals surface area (Å²) in [5.41, 5.74) is 3.35. The van der Waals surface area contributed by atoms with Gasteiger partial charge in [0.1, 0.15) is 0 Å². The predicted molar refractivity (Wildman–Crippen MR) is 82.4 cm³/mol. The molecule has 1 N–H and O–H groups in total. The molecule has 0 heterocycles. The molecule has 2 nitrogen and oxygen atoms in total. The van der Waals surface area contributed by atoms with Crippen LogP contribution < -0.4 is 0 Å². The van der Waals surface area contributed by atoms with Gasteiger partial charge in [-0.05, 0) is 43.0 Å². The van der Waals surface area contributed by atoms with Crippen molar-refractivity contribution in [3.05, 3.63) is 32.8 Å². The van der Waals surface area contributed by atoms with Crippen LogP contribution in [0.2, 0.25) is 25.7 Å². The monoisotopic (exact) mass is 328 g/mol. The highest BCUT2D eigenvalue weighted by Gasteiger charge is 2.19. The Morgan fingerprint density at radius 3 is 2.33 bits per heavy atom. The first-order valence-electron chi connectivity index (χ1n) is 6.15. The van der Waals surface area contributed by atoms with Crippen molar-refractivity contribution in [1.82, 2.24) is 0 Å². The standard InChI is InChI=1S/C14H21BrO2Si/c1-9-8-12(15)11(6-7-18(3,4)5)10(2)13(9)14(16)17/h8H,6-7H2,1-5H3,(H,16,17). The topological polar surface area (TPSA) is 37.3 Å². The summed E-state index contributed by atoms with van der Waals surface area (Å²) in [6.07, 6.45) is 0.961. The van der Waals surface area contributed by atoms with Crippen LogP contribution in [0.25, 0.3) is 0 Å². The Morgan fingerprint density at radius 1 is 1.33 bits per heavy atom. The molecule has 0 aromatic heterocycles. The molecule has 18 heavy (non-hydrogen) atoms. The van der Waals surface area contributed by atoms with E-state index in [0.717, 1.165) is 27.6 Å². The van der Waals surface area contributed by atoms with E-state index in [2.05, 4.69) is 35.6 Å². The minimum Gasteiger partial charge on any atom is -0.478 e. The molecule has 4 heteroatoms. The third-order valence-corrected chi connectivity index (χ3v) is 5.65. The predicted octanol–water partition coefficient (Wildman–Crippen LogP) is 4.64. The summed E-state index contributed by atoms with van der Waals surface area (Å²) < 4.78 is 1.04. The van der Waals surface area contributed by atoms with Crippen molar-refractivity contribution in [3.8, 4) is 0 Å². The van der Waals surface area contributed by atoms with Gasteiger partial charge < -0.3 is 5.11 Å². The Balaban J connectivity index is 3.20. The molecular formula is C14H21BrO2Si. The van der Waals surface area contributed by atoms with Crippen molar-refractivity contribution < 1.29 is 9.90 Å². The second-order valence-corrected chi connectivity index (χ2v) is 12.5. The molecule has 0 saturated heterocycles. The quantitative estimate of drug-likeness (QED) is 0.817. The fourth-order valence-electron chi connectivity index (χ4n) is 2.11. The second kappa shape index (κ2) is 5.57. The summed E-state index contributed by atoms with van der Waals surface area (Å²) in [5, 5.41) is 9.28. The largest absolute Gasteiger partial charge is 0.478 e. The average molecular weight is 329 g/mol. The number of rotatable bonds is 4. The van der Waals surface area contributed by atoms with Crippen molar-refractivity contribution >= 4 is 30.0 Å². The number of aromatic carboxylic acids is 1. The van der Waals surface area contributed by atoms with E-state index < -0.39 is 14.0 Å². The SMILES string of the molecule is Cc1cc(Br)c(CC[Si](C)(C)C)c(C)c1C(=O)O. The molecule has 0 aliphatic heterocycles. The molecular weight excluding hydrogens is 308 g/mol. The van der Waals surface area contributed by atoms with Gasteiger partial charge in [0, 0.05) is 12.5 Å². The lowest BCUT2D eigenvalue weighted by molar-refractivity contribution is 0.0695. The maximum Gasteiger partial charge on any atom is 0.336 e. The van der Waals surface area contributed by atoms with Crippen LogP contribution in [0.1, 0.15) is 27.0 Å². The van der Waals surface area contributed by atoms with Gasteiger partial charge in [-0.2, -0.15) is 0 Å². The second-order valence-electron chi connectivity index (χ2n) is 6.02. The molecule has 0 aliphatic rings. The summed E-state index contributed by atoms with van der Waals surface area (Å²) in [6, 6.07) is 3.10. The lowest BCUT2D eigenvalue weighted by Crippen LogP contribution is -2.20. The van der Waals surface area contributed by atoms with Crippen molar-refractivity contribution in [2.75, 3.05) is 0 Å². The number of hydrogen-bond donors (Lipinski definition) is 1. The molecule has 0 atom stereocenters. The van der Waals surface area contributed by atoms with Gasteiger partial charge in [-0.15, -0.1) is 0 Å². The first kappa shape index (κ1) is 15.4. The van der Waals surface area contributed by atoms with Crippen LogP contribution in [0.15, 0.2) is 10.5 Å². The minimum absolute atomic E-state index is 0.462. The van der Waals surface area contributed by atoms with Crippen molar-refractivity contribution in [3.63, 3.8) is 0 Å². The first-order valence-corrected chi connectivity index (χ1v) is 10.7. The van der Waals surface area contributed by atoms with Gasteiger partial charge in [0.2, 0.25) is 0 Å². The van der Waals surface area contributed by atoms with Gasteiger partial charge in [-0.3, -0.25) is 0 Å². The fraction of sp³-hybridized carbons (Fsp3) is 0.500. The lowest BCUT2D eigenvalue weighted by Gasteiger charge is -2.19. The Morgan fingerprint density at radius 2 is 1.89 bits per heavy atom. The van der Waals surface area contributed by atoms with E-state index in [1.165, 1.54) is 6.04 Å². The average Bonchev–Trinajstić information content (AvgIpc) is 2.13. The van der Waals surface area contributed by atoms with Crippen LogP contribution in [-0.4, -0.2) is 19.1 Å². The highest BCUT2D eigenvalue weighted by molar-refractivity contribution is 9.10. The number of carboxylic acid groups (broad SMARTS) is 1. The van der Waals surface area contributed by atoms with Gasteiger partial charge in [-0.1, -0.05) is 41.6 Å². The maximum absolute atomic E-state index is 11.3.